The lowest BCUT2D eigenvalue weighted by Gasteiger charge is -2.39. The fraction of sp³-hybridized carbons (Fsp3) is 0.391. The van der Waals surface area contributed by atoms with Gasteiger partial charge in [-0.05, 0) is 61.6 Å². The van der Waals surface area contributed by atoms with E-state index >= 15 is 0 Å². The molecular formula is C23H25Cl2N3O3. The molecular weight excluding hydrogens is 437 g/mol. The first-order valence-corrected chi connectivity index (χ1v) is 11.2. The van der Waals surface area contributed by atoms with Crippen molar-refractivity contribution in [1.29, 1.82) is 0 Å². The fourth-order valence-corrected chi connectivity index (χ4v) is 4.98. The van der Waals surface area contributed by atoms with Gasteiger partial charge < -0.3 is 15.8 Å². The number of amides is 2. The van der Waals surface area contributed by atoms with Crippen LogP contribution in [0.1, 0.15) is 41.6 Å². The molecule has 2 aromatic rings. The Morgan fingerprint density at radius 1 is 1.03 bits per heavy atom. The second-order valence-corrected chi connectivity index (χ2v) is 9.09. The third kappa shape index (κ3) is 5.32. The fourth-order valence-electron chi connectivity index (χ4n) is 4.68. The molecule has 0 radical (unpaired) electrons. The summed E-state index contributed by atoms with van der Waals surface area (Å²) in [5.41, 5.74) is 6.78. The van der Waals surface area contributed by atoms with E-state index < -0.39 is 5.91 Å². The Kier molecular flexibility index (Phi) is 6.70. The van der Waals surface area contributed by atoms with Gasteiger partial charge in [-0.25, -0.2) is 0 Å². The van der Waals surface area contributed by atoms with Gasteiger partial charge in [-0.2, -0.15) is 0 Å². The number of fused-ring (bicyclic) bond motifs is 2. The van der Waals surface area contributed by atoms with Gasteiger partial charge in [-0.3, -0.25) is 14.5 Å². The summed E-state index contributed by atoms with van der Waals surface area (Å²) in [7, 11) is 0. The van der Waals surface area contributed by atoms with Gasteiger partial charge in [0.1, 0.15) is 5.75 Å². The Morgan fingerprint density at radius 2 is 1.68 bits per heavy atom. The van der Waals surface area contributed by atoms with Gasteiger partial charge in [0, 0.05) is 34.7 Å². The molecule has 164 valence electrons. The van der Waals surface area contributed by atoms with E-state index in [2.05, 4.69) is 22.3 Å². The Bertz CT molecular complexity index is 953. The number of ether oxygens (including phenoxy) is 1. The smallest absolute Gasteiger partial charge is 0.258 e. The van der Waals surface area contributed by atoms with Gasteiger partial charge in [0.25, 0.3) is 11.8 Å². The molecule has 1 unspecified atom stereocenters. The molecule has 2 heterocycles. The number of piperidine rings is 1. The van der Waals surface area contributed by atoms with Crippen LogP contribution in [0.3, 0.4) is 0 Å². The van der Waals surface area contributed by atoms with Gasteiger partial charge in [0.15, 0.2) is 6.61 Å². The van der Waals surface area contributed by atoms with Crippen molar-refractivity contribution in [3.8, 4) is 5.75 Å². The summed E-state index contributed by atoms with van der Waals surface area (Å²) in [6.07, 6.45) is 4.13. The predicted octanol–water partition coefficient (Wildman–Crippen LogP) is 3.78. The quantitative estimate of drug-likeness (QED) is 0.656. The highest BCUT2D eigenvalue weighted by Crippen LogP contribution is 2.37. The number of carbonyl (C=O) groups is 2. The van der Waals surface area contributed by atoms with E-state index in [1.165, 1.54) is 11.6 Å². The summed E-state index contributed by atoms with van der Waals surface area (Å²) >= 11 is 11.9. The molecule has 8 heteroatoms. The number of benzene rings is 2. The summed E-state index contributed by atoms with van der Waals surface area (Å²) in [5.74, 6) is -0.603. The van der Waals surface area contributed by atoms with Gasteiger partial charge >= 0.3 is 0 Å². The maximum Gasteiger partial charge on any atom is 0.258 e. The average molecular weight is 462 g/mol. The summed E-state index contributed by atoms with van der Waals surface area (Å²) in [6.45, 7) is 0.727. The van der Waals surface area contributed by atoms with E-state index in [0.29, 0.717) is 17.1 Å². The number of hydrogen-bond donors (Lipinski definition) is 2. The first kappa shape index (κ1) is 21.9. The van der Waals surface area contributed by atoms with Gasteiger partial charge in [0.2, 0.25) is 0 Å². The maximum atomic E-state index is 12.5. The summed E-state index contributed by atoms with van der Waals surface area (Å²) in [4.78, 5) is 26.6. The Morgan fingerprint density at radius 3 is 2.32 bits per heavy atom. The van der Waals surface area contributed by atoms with Crippen molar-refractivity contribution >= 4 is 35.0 Å². The normalized spacial score (nSPS) is 22.8. The summed E-state index contributed by atoms with van der Waals surface area (Å²) in [6, 6.07) is 13.6. The van der Waals surface area contributed by atoms with Crippen LogP contribution in [0, 0.1) is 0 Å². The molecule has 6 nitrogen and oxygen atoms in total. The van der Waals surface area contributed by atoms with Crippen LogP contribution in [-0.2, 0) is 11.3 Å². The van der Waals surface area contributed by atoms with Crippen LogP contribution >= 0.6 is 23.2 Å². The minimum atomic E-state index is -0.650. The second kappa shape index (κ2) is 9.47. The van der Waals surface area contributed by atoms with Crippen molar-refractivity contribution in [3.63, 3.8) is 0 Å². The molecule has 2 saturated heterocycles. The molecule has 2 aliphatic rings. The zero-order valence-corrected chi connectivity index (χ0v) is 18.5. The largest absolute Gasteiger partial charge is 0.483 e. The Hall–Kier alpha value is -2.28. The van der Waals surface area contributed by atoms with Crippen molar-refractivity contribution in [2.75, 3.05) is 6.61 Å². The molecule has 2 bridgehead atoms. The van der Waals surface area contributed by atoms with Crippen LogP contribution < -0.4 is 15.8 Å². The second-order valence-electron chi connectivity index (χ2n) is 8.21. The lowest BCUT2D eigenvalue weighted by Crippen LogP contribution is -2.50. The molecule has 2 aromatic carbocycles. The van der Waals surface area contributed by atoms with Crippen LogP contribution in [0.25, 0.3) is 0 Å². The van der Waals surface area contributed by atoms with Crippen molar-refractivity contribution in [3.05, 3.63) is 63.6 Å². The van der Waals surface area contributed by atoms with Crippen molar-refractivity contribution in [2.45, 2.75) is 50.4 Å². The summed E-state index contributed by atoms with van der Waals surface area (Å²) < 4.78 is 5.54. The third-order valence-electron chi connectivity index (χ3n) is 6.09. The van der Waals surface area contributed by atoms with Crippen LogP contribution in [0.5, 0.6) is 5.75 Å². The Balaban J connectivity index is 1.30. The third-order valence-corrected chi connectivity index (χ3v) is 6.58. The molecule has 3 atom stereocenters. The van der Waals surface area contributed by atoms with E-state index in [1.54, 1.807) is 12.1 Å². The van der Waals surface area contributed by atoms with Gasteiger partial charge in [0.05, 0.1) is 5.56 Å². The average Bonchev–Trinajstić information content (AvgIpc) is 2.96. The molecule has 0 aliphatic carbocycles. The molecule has 2 aliphatic heterocycles. The summed E-state index contributed by atoms with van der Waals surface area (Å²) in [5, 5.41) is 4.22. The van der Waals surface area contributed by atoms with Crippen LogP contribution in [0.15, 0.2) is 42.5 Å². The number of halogens is 2. The van der Waals surface area contributed by atoms with E-state index in [9.17, 15) is 9.59 Å². The molecule has 0 spiro atoms. The highest BCUT2D eigenvalue weighted by atomic mass is 35.5. The number of nitrogens with two attached hydrogens (primary N) is 1. The van der Waals surface area contributed by atoms with Gasteiger partial charge in [-0.1, -0.05) is 35.3 Å². The number of nitrogens with zero attached hydrogens (tertiary/aromatic N) is 1. The molecule has 31 heavy (non-hydrogen) atoms. The number of carbonyl (C=O) groups excluding carboxylic acids is 2. The van der Waals surface area contributed by atoms with Crippen molar-refractivity contribution in [1.82, 2.24) is 10.2 Å². The van der Waals surface area contributed by atoms with E-state index in [4.69, 9.17) is 33.7 Å². The van der Waals surface area contributed by atoms with Crippen LogP contribution in [-0.4, -0.2) is 41.4 Å². The molecule has 0 saturated carbocycles. The highest BCUT2D eigenvalue weighted by molar-refractivity contribution is 6.31. The van der Waals surface area contributed by atoms with Crippen molar-refractivity contribution in [2.24, 2.45) is 5.73 Å². The number of rotatable bonds is 7. The lowest BCUT2D eigenvalue weighted by atomic mass is 9.96. The minimum absolute atomic E-state index is 0.121. The first-order chi connectivity index (χ1) is 14.9. The van der Waals surface area contributed by atoms with E-state index in [-0.39, 0.29) is 29.9 Å². The topological polar surface area (TPSA) is 84.7 Å². The highest BCUT2D eigenvalue weighted by Gasteiger charge is 2.40. The zero-order valence-electron chi connectivity index (χ0n) is 17.0. The zero-order chi connectivity index (χ0) is 22.0. The van der Waals surface area contributed by atoms with E-state index in [1.807, 2.05) is 12.1 Å². The van der Waals surface area contributed by atoms with Crippen molar-refractivity contribution < 1.29 is 14.3 Å². The molecule has 3 N–H and O–H groups in total. The maximum absolute atomic E-state index is 12.5. The predicted molar refractivity (Wildman–Crippen MR) is 120 cm³/mol. The molecule has 2 amide bonds. The number of nitrogens with one attached hydrogen (secondary N) is 1. The molecule has 2 fully saturated rings. The van der Waals surface area contributed by atoms with Gasteiger partial charge in [-0.15, -0.1) is 0 Å². The number of primary amides is 1. The monoisotopic (exact) mass is 461 g/mol. The lowest BCUT2D eigenvalue weighted by molar-refractivity contribution is -0.124. The minimum Gasteiger partial charge on any atom is -0.483 e. The molecule has 4 rings (SSSR count). The Labute approximate surface area is 191 Å². The van der Waals surface area contributed by atoms with Crippen LogP contribution in [0.2, 0.25) is 10.0 Å². The SMILES string of the molecule is NC(=O)c1cc(Cl)ccc1OCC(=O)NC1C[C@H]2CC[C@@H](C1)N2Cc1ccc(Cl)cc1. The first-order valence-electron chi connectivity index (χ1n) is 10.4. The standard InChI is InChI=1S/C23H25Cl2N3O3/c24-15-3-1-14(2-4-15)12-28-18-6-7-19(28)11-17(10-18)27-22(29)13-31-21-8-5-16(25)9-20(21)23(26)30/h1-5,8-9,17-19H,6-7,10-13H2,(H2,26,30)(H,27,29)/t17?,18-,19+. The van der Waals surface area contributed by atoms with Crippen LogP contribution in [0.4, 0.5) is 0 Å². The molecule has 0 aromatic heterocycles. The number of hydrogen-bond acceptors (Lipinski definition) is 4. The van der Waals surface area contributed by atoms with E-state index in [0.717, 1.165) is 37.3 Å².